The Bertz CT molecular complexity index is 226. The van der Waals surface area contributed by atoms with Crippen molar-refractivity contribution in [3.05, 3.63) is 0 Å². The molecule has 0 fully saturated rings. The quantitative estimate of drug-likeness (QED) is 0.653. The van der Waals surface area contributed by atoms with Gasteiger partial charge < -0.3 is 10.5 Å². The predicted molar refractivity (Wildman–Crippen MR) is 58.0 cm³/mol. The summed E-state index contributed by atoms with van der Waals surface area (Å²) >= 11 is 0. The molecule has 0 bridgehead atoms. The van der Waals surface area contributed by atoms with Gasteiger partial charge in [-0.1, -0.05) is 6.92 Å². The van der Waals surface area contributed by atoms with Gasteiger partial charge in [-0.15, -0.1) is 0 Å². The van der Waals surface area contributed by atoms with Crippen molar-refractivity contribution in [3.63, 3.8) is 0 Å². The highest BCUT2D eigenvalue weighted by Crippen LogP contribution is 2.00. The molecule has 0 rings (SSSR count). The number of hydrogen-bond donors (Lipinski definition) is 1. The maximum Gasteiger partial charge on any atom is 0.150 e. The van der Waals surface area contributed by atoms with Crippen molar-refractivity contribution in [2.75, 3.05) is 24.7 Å². The lowest BCUT2D eigenvalue weighted by atomic mass is 10.2. The van der Waals surface area contributed by atoms with Crippen LogP contribution in [0.25, 0.3) is 0 Å². The van der Waals surface area contributed by atoms with Crippen LogP contribution in [0.3, 0.4) is 0 Å². The highest BCUT2D eigenvalue weighted by atomic mass is 32.2. The summed E-state index contributed by atoms with van der Waals surface area (Å²) in [5.74, 6) is 0.455. The molecule has 1 unspecified atom stereocenters. The van der Waals surface area contributed by atoms with Gasteiger partial charge in [0.1, 0.15) is 9.84 Å². The van der Waals surface area contributed by atoms with E-state index in [1.165, 1.54) is 0 Å². The zero-order chi connectivity index (χ0) is 11.0. The van der Waals surface area contributed by atoms with Crippen LogP contribution in [0, 0.1) is 0 Å². The minimum atomic E-state index is -2.83. The van der Waals surface area contributed by atoms with Crippen LogP contribution in [-0.4, -0.2) is 39.2 Å². The first-order chi connectivity index (χ1) is 6.52. The summed E-state index contributed by atoms with van der Waals surface area (Å²) in [6.45, 7) is 4.74. The van der Waals surface area contributed by atoms with Crippen LogP contribution in [-0.2, 0) is 14.6 Å². The molecule has 5 heteroatoms. The maximum absolute atomic E-state index is 11.1. The number of rotatable bonds is 8. The van der Waals surface area contributed by atoms with E-state index in [0.29, 0.717) is 26.1 Å². The SMILES string of the molecule is CCOCC(N)CCCS(=O)(=O)CC. The van der Waals surface area contributed by atoms with Gasteiger partial charge in [0.25, 0.3) is 0 Å². The molecule has 0 saturated heterocycles. The van der Waals surface area contributed by atoms with Crippen LogP contribution in [0.1, 0.15) is 26.7 Å². The van der Waals surface area contributed by atoms with Gasteiger partial charge in [-0.25, -0.2) is 8.42 Å². The van der Waals surface area contributed by atoms with Crippen LogP contribution in [0.4, 0.5) is 0 Å². The topological polar surface area (TPSA) is 69.4 Å². The van der Waals surface area contributed by atoms with E-state index in [4.69, 9.17) is 10.5 Å². The molecule has 4 nitrogen and oxygen atoms in total. The Labute approximate surface area is 86.7 Å². The third kappa shape index (κ3) is 7.29. The Morgan fingerprint density at radius 3 is 2.50 bits per heavy atom. The van der Waals surface area contributed by atoms with Gasteiger partial charge in [0, 0.05) is 18.4 Å². The van der Waals surface area contributed by atoms with Gasteiger partial charge in [-0.3, -0.25) is 0 Å². The predicted octanol–water partition coefficient (Wildman–Crippen LogP) is 0.565. The van der Waals surface area contributed by atoms with Crippen LogP contribution in [0.15, 0.2) is 0 Å². The average Bonchev–Trinajstić information content (AvgIpc) is 2.14. The molecular weight excluding hydrogens is 202 g/mol. The Kier molecular flexibility index (Phi) is 7.13. The second kappa shape index (κ2) is 7.20. The van der Waals surface area contributed by atoms with Crippen LogP contribution in [0.5, 0.6) is 0 Å². The molecule has 0 aromatic heterocycles. The molecule has 0 spiro atoms. The molecule has 0 aromatic carbocycles. The molecule has 14 heavy (non-hydrogen) atoms. The standard InChI is InChI=1S/C9H21NO3S/c1-3-13-8-9(10)6-5-7-14(11,12)4-2/h9H,3-8,10H2,1-2H3. The third-order valence-corrected chi connectivity index (χ3v) is 3.80. The van der Waals surface area contributed by atoms with Gasteiger partial charge in [0.2, 0.25) is 0 Å². The third-order valence-electron chi connectivity index (χ3n) is 2.01. The Morgan fingerprint density at radius 1 is 1.36 bits per heavy atom. The van der Waals surface area contributed by atoms with Gasteiger partial charge in [-0.2, -0.15) is 0 Å². The fourth-order valence-electron chi connectivity index (χ4n) is 1.06. The molecule has 0 heterocycles. The second-order valence-corrected chi connectivity index (χ2v) is 5.77. The number of hydrogen-bond acceptors (Lipinski definition) is 4. The van der Waals surface area contributed by atoms with Crippen molar-refractivity contribution in [1.82, 2.24) is 0 Å². The van der Waals surface area contributed by atoms with Gasteiger partial charge in [-0.05, 0) is 19.8 Å². The summed E-state index contributed by atoms with van der Waals surface area (Å²) in [4.78, 5) is 0. The first-order valence-electron chi connectivity index (χ1n) is 5.05. The molecule has 2 N–H and O–H groups in total. The number of nitrogens with two attached hydrogens (primary N) is 1. The zero-order valence-corrected chi connectivity index (χ0v) is 9.85. The van der Waals surface area contributed by atoms with Crippen molar-refractivity contribution in [2.24, 2.45) is 5.73 Å². The molecule has 0 aliphatic rings. The van der Waals surface area contributed by atoms with Crippen LogP contribution < -0.4 is 5.73 Å². The normalized spacial score (nSPS) is 14.2. The molecule has 0 saturated carbocycles. The van der Waals surface area contributed by atoms with E-state index >= 15 is 0 Å². The van der Waals surface area contributed by atoms with Crippen molar-refractivity contribution in [1.29, 1.82) is 0 Å². The van der Waals surface area contributed by atoms with Crippen molar-refractivity contribution in [2.45, 2.75) is 32.7 Å². The Balaban J connectivity index is 3.54. The van der Waals surface area contributed by atoms with Gasteiger partial charge in [0.15, 0.2) is 0 Å². The minimum Gasteiger partial charge on any atom is -0.380 e. The van der Waals surface area contributed by atoms with Gasteiger partial charge >= 0.3 is 0 Å². The molecule has 0 radical (unpaired) electrons. The largest absolute Gasteiger partial charge is 0.380 e. The lowest BCUT2D eigenvalue weighted by Crippen LogP contribution is -2.27. The number of sulfone groups is 1. The second-order valence-electron chi connectivity index (χ2n) is 3.30. The lowest BCUT2D eigenvalue weighted by molar-refractivity contribution is 0.131. The van der Waals surface area contributed by atoms with Crippen LogP contribution in [0.2, 0.25) is 0 Å². The van der Waals surface area contributed by atoms with Crippen LogP contribution >= 0.6 is 0 Å². The molecule has 1 atom stereocenters. The monoisotopic (exact) mass is 223 g/mol. The van der Waals surface area contributed by atoms with Crippen molar-refractivity contribution < 1.29 is 13.2 Å². The van der Waals surface area contributed by atoms with E-state index in [0.717, 1.165) is 0 Å². The summed E-state index contributed by atoms with van der Waals surface area (Å²) in [6.07, 6.45) is 1.34. The van der Waals surface area contributed by atoms with E-state index in [-0.39, 0.29) is 17.5 Å². The summed E-state index contributed by atoms with van der Waals surface area (Å²) in [7, 11) is -2.83. The van der Waals surface area contributed by atoms with E-state index in [1.807, 2.05) is 6.92 Å². The first-order valence-corrected chi connectivity index (χ1v) is 6.87. The molecule has 0 aromatic rings. The molecule has 0 aliphatic heterocycles. The highest BCUT2D eigenvalue weighted by molar-refractivity contribution is 7.91. The zero-order valence-electron chi connectivity index (χ0n) is 9.03. The molecule has 0 aliphatic carbocycles. The summed E-state index contributed by atoms with van der Waals surface area (Å²) in [5.41, 5.74) is 5.71. The summed E-state index contributed by atoms with van der Waals surface area (Å²) in [6, 6.07) is -0.0398. The van der Waals surface area contributed by atoms with E-state index < -0.39 is 9.84 Å². The number of ether oxygens (including phenoxy) is 1. The average molecular weight is 223 g/mol. The molecule has 86 valence electrons. The summed E-state index contributed by atoms with van der Waals surface area (Å²) in [5, 5.41) is 0. The molecule has 0 amide bonds. The van der Waals surface area contributed by atoms with Crippen molar-refractivity contribution in [3.8, 4) is 0 Å². The highest BCUT2D eigenvalue weighted by Gasteiger charge is 2.08. The Hall–Kier alpha value is -0.130. The fourth-order valence-corrected chi connectivity index (χ4v) is 1.96. The van der Waals surface area contributed by atoms with E-state index in [2.05, 4.69) is 0 Å². The van der Waals surface area contributed by atoms with Gasteiger partial charge in [0.05, 0.1) is 12.4 Å². The lowest BCUT2D eigenvalue weighted by Gasteiger charge is -2.10. The van der Waals surface area contributed by atoms with E-state index in [1.54, 1.807) is 6.92 Å². The smallest absolute Gasteiger partial charge is 0.150 e. The summed E-state index contributed by atoms with van der Waals surface area (Å²) < 4.78 is 27.4. The Morgan fingerprint density at radius 2 is 2.00 bits per heavy atom. The fraction of sp³-hybridized carbons (Fsp3) is 1.00. The maximum atomic E-state index is 11.1. The van der Waals surface area contributed by atoms with Crippen molar-refractivity contribution >= 4 is 9.84 Å². The van der Waals surface area contributed by atoms with E-state index in [9.17, 15) is 8.42 Å². The first kappa shape index (κ1) is 13.9. The molecular formula is C9H21NO3S. The minimum absolute atomic E-state index is 0.0398.